The Bertz CT molecular complexity index is 771. The van der Waals surface area contributed by atoms with E-state index in [1.165, 1.54) is 33.4 Å². The maximum absolute atomic E-state index is 3.56. The Kier molecular flexibility index (Phi) is 13.9. The maximum Gasteiger partial charge on any atom is 0 e. The van der Waals surface area contributed by atoms with Crippen molar-refractivity contribution in [1.82, 2.24) is 0 Å². The molecule has 3 aromatic rings. The molecule has 3 aromatic carbocycles. The summed E-state index contributed by atoms with van der Waals surface area (Å²) in [6.45, 7) is 4.22. The third kappa shape index (κ3) is 5.94. The fourth-order valence-corrected chi connectivity index (χ4v) is 2.93. The van der Waals surface area contributed by atoms with E-state index in [1.54, 1.807) is 0 Å². The van der Waals surface area contributed by atoms with Gasteiger partial charge in [0.25, 0.3) is 0 Å². The molecule has 0 saturated carbocycles. The average Bonchev–Trinajstić information content (AvgIpc) is 2.44. The number of fused-ring (bicyclic) bond motifs is 3. The molecule has 0 nitrogen and oxygen atoms in total. The molecule has 0 fully saturated rings. The predicted octanol–water partition coefficient (Wildman–Crippen LogP) is 4.15. The number of aryl methyl sites for hydroxylation is 2. The van der Waals surface area contributed by atoms with Crippen LogP contribution in [-0.2, 0) is 12.8 Å². The van der Waals surface area contributed by atoms with E-state index in [1.807, 2.05) is 0 Å². The quantitative estimate of drug-likeness (QED) is 0.235. The monoisotopic (exact) mass is 818 g/mol. The van der Waals surface area contributed by atoms with Crippen molar-refractivity contribution in [3.05, 3.63) is 81.9 Å². The summed E-state index contributed by atoms with van der Waals surface area (Å²) in [5, 5.41) is 2.31. The van der Waals surface area contributed by atoms with E-state index in [4.69, 9.17) is 0 Å². The van der Waals surface area contributed by atoms with Crippen molar-refractivity contribution < 1.29 is 165 Å². The van der Waals surface area contributed by atoms with Gasteiger partial charge in [0, 0.05) is 165 Å². The Balaban J connectivity index is 0.00000132. The van der Waals surface area contributed by atoms with Crippen molar-refractivity contribution in [2.75, 3.05) is 0 Å². The van der Waals surface area contributed by atoms with Gasteiger partial charge in [-0.2, -0.15) is 12.1 Å². The zero-order valence-corrected chi connectivity index (χ0v) is 28.9. The molecule has 0 amide bonds. The van der Waals surface area contributed by atoms with E-state index >= 15 is 0 Å². The van der Waals surface area contributed by atoms with E-state index in [0.717, 1.165) is 23.6 Å². The van der Waals surface area contributed by atoms with Gasteiger partial charge in [-0.15, -0.1) is 38.8 Å². The molecule has 4 radical (unpaired) electrons. The first-order chi connectivity index (χ1) is 9.70. The van der Waals surface area contributed by atoms with Gasteiger partial charge in [0.2, 0.25) is 0 Å². The molecular formula is C20H14Pr4-4. The summed E-state index contributed by atoms with van der Waals surface area (Å²) >= 11 is 0. The Morgan fingerprint density at radius 3 is 1.29 bits per heavy atom. The molecule has 0 aromatic heterocycles. The van der Waals surface area contributed by atoms with E-state index < -0.39 is 0 Å². The fraction of sp³-hybridized carbons (Fsp3) is 0.200. The van der Waals surface area contributed by atoms with Crippen LogP contribution in [0.3, 0.4) is 0 Å². The fourth-order valence-electron chi connectivity index (χ4n) is 2.93. The predicted molar refractivity (Wildman–Crippen MR) is 80.8 cm³/mol. The van der Waals surface area contributed by atoms with Crippen molar-refractivity contribution in [2.24, 2.45) is 0 Å². The molecule has 0 atom stereocenters. The van der Waals surface area contributed by atoms with Crippen molar-refractivity contribution in [3.63, 3.8) is 0 Å². The maximum atomic E-state index is 3.56. The Hall–Kier alpha value is 3.37. The second-order valence-corrected chi connectivity index (χ2v) is 5.56. The first-order valence-corrected chi connectivity index (χ1v) is 6.99. The molecule has 4 rings (SSSR count). The van der Waals surface area contributed by atoms with Crippen molar-refractivity contribution in [3.8, 4) is 0 Å². The summed E-state index contributed by atoms with van der Waals surface area (Å²) in [6, 6.07) is 22.5. The summed E-state index contributed by atoms with van der Waals surface area (Å²) < 4.78 is 0. The second-order valence-electron chi connectivity index (χ2n) is 5.56. The van der Waals surface area contributed by atoms with Crippen LogP contribution >= 0.6 is 0 Å². The molecule has 1 aliphatic carbocycles. The Morgan fingerprint density at radius 1 is 0.583 bits per heavy atom. The van der Waals surface area contributed by atoms with Crippen molar-refractivity contribution >= 4 is 10.8 Å². The van der Waals surface area contributed by atoms with Gasteiger partial charge in [-0.25, -0.2) is 34.0 Å². The molecule has 110 valence electrons. The van der Waals surface area contributed by atoms with Gasteiger partial charge >= 0.3 is 0 Å². The number of hydrogen-bond acceptors (Lipinski definition) is 0. The van der Waals surface area contributed by atoms with Gasteiger partial charge in [-0.05, 0) is 0 Å². The van der Waals surface area contributed by atoms with Crippen LogP contribution in [0.4, 0.5) is 0 Å². The summed E-state index contributed by atoms with van der Waals surface area (Å²) in [4.78, 5) is 0. The molecule has 0 aliphatic heterocycles. The molecule has 0 heterocycles. The zero-order valence-electron chi connectivity index (χ0n) is 14.0. The summed E-state index contributed by atoms with van der Waals surface area (Å²) in [5.74, 6) is 0. The normalized spacial score (nSPS) is 10.9. The molecular weight excluding hydrogens is 804 g/mol. The summed E-state index contributed by atoms with van der Waals surface area (Å²) in [5.41, 5.74) is 7.50. The summed E-state index contributed by atoms with van der Waals surface area (Å²) in [6.07, 6.45) is 1.81. The van der Waals surface area contributed by atoms with Gasteiger partial charge in [0.05, 0.1) is 0 Å². The molecule has 24 heavy (non-hydrogen) atoms. The van der Waals surface area contributed by atoms with Gasteiger partial charge in [-0.3, -0.25) is 22.3 Å². The van der Waals surface area contributed by atoms with Crippen molar-refractivity contribution in [1.29, 1.82) is 0 Å². The standard InChI is InChI=1S/C20H14.4Pr/c1-13-7-17-11-19-9-15-5-3-4-6-16(15)10-20(19)12-18(17)8-14(13)2;;;;/h3-6H,11-12H2,1-2H3;;;;/q-4;;;;. The van der Waals surface area contributed by atoms with E-state index in [9.17, 15) is 0 Å². The molecule has 0 spiro atoms. The minimum Gasteiger partial charge on any atom is -0.313 e. The van der Waals surface area contributed by atoms with Gasteiger partial charge < -0.3 is 12.1 Å². The first-order valence-electron chi connectivity index (χ1n) is 6.99. The largest absolute Gasteiger partial charge is 0.313 e. The third-order valence-corrected chi connectivity index (χ3v) is 4.17. The Morgan fingerprint density at radius 2 is 0.917 bits per heavy atom. The molecule has 4 heteroatoms. The minimum absolute atomic E-state index is 0. The van der Waals surface area contributed by atoms with Gasteiger partial charge in [0.15, 0.2) is 0 Å². The smallest absolute Gasteiger partial charge is 0 e. The third-order valence-electron chi connectivity index (χ3n) is 4.17. The molecule has 1 aliphatic rings. The van der Waals surface area contributed by atoms with Crippen LogP contribution in [0.25, 0.3) is 10.8 Å². The topological polar surface area (TPSA) is 0 Å². The van der Waals surface area contributed by atoms with Gasteiger partial charge in [0.1, 0.15) is 0 Å². The second kappa shape index (κ2) is 12.2. The average molecular weight is 818 g/mol. The SMILES string of the molecule is Cc1[c-]c2c([c-]c1C)Cc1[c-]c3ccccc3[c-]c1C2.[Pr].[Pr].[Pr].[Pr]. The number of rotatable bonds is 0. The van der Waals surface area contributed by atoms with Crippen LogP contribution in [-0.4, -0.2) is 0 Å². The molecule has 0 bridgehead atoms. The van der Waals surface area contributed by atoms with Crippen molar-refractivity contribution in [2.45, 2.75) is 26.7 Å². The van der Waals surface area contributed by atoms with Crippen LogP contribution in [0.15, 0.2) is 24.3 Å². The molecule has 0 saturated heterocycles. The first kappa shape index (κ1) is 27.4. The van der Waals surface area contributed by atoms with Crippen LogP contribution in [0.1, 0.15) is 33.4 Å². The van der Waals surface area contributed by atoms with Gasteiger partial charge in [-0.1, -0.05) is 0 Å². The van der Waals surface area contributed by atoms with Crippen LogP contribution in [0, 0.1) is 203 Å². The zero-order chi connectivity index (χ0) is 13.7. The van der Waals surface area contributed by atoms with Crippen LogP contribution < -0.4 is 0 Å². The van der Waals surface area contributed by atoms with E-state index in [0.29, 0.717) is 0 Å². The molecule has 0 unspecified atom stereocenters. The summed E-state index contributed by atoms with van der Waals surface area (Å²) in [7, 11) is 0. The molecule has 0 N–H and O–H groups in total. The number of benzene rings is 3. The Labute approximate surface area is 277 Å². The van der Waals surface area contributed by atoms with E-state index in [-0.39, 0.29) is 165 Å². The van der Waals surface area contributed by atoms with Crippen LogP contribution in [0.5, 0.6) is 0 Å². The number of hydrogen-bond donors (Lipinski definition) is 0. The van der Waals surface area contributed by atoms with Crippen LogP contribution in [0.2, 0.25) is 0 Å². The van der Waals surface area contributed by atoms with E-state index in [2.05, 4.69) is 62.4 Å². The minimum atomic E-state index is 0.